The van der Waals surface area contributed by atoms with E-state index in [9.17, 15) is 39.6 Å². The van der Waals surface area contributed by atoms with Crippen LogP contribution in [-0.2, 0) is 23.9 Å². The summed E-state index contributed by atoms with van der Waals surface area (Å²) in [5, 5.41) is 45.9. The molecule has 0 radical (unpaired) electrons. The van der Waals surface area contributed by atoms with Crippen LogP contribution in [0.5, 0.6) is 0 Å². The minimum absolute atomic E-state index is 0.0684. The van der Waals surface area contributed by atoms with Crippen LogP contribution in [0.15, 0.2) is 0 Å². The number of hydrogen-bond donors (Lipinski definition) is 6. The molecule has 11 heteroatoms. The third-order valence-corrected chi connectivity index (χ3v) is 6.81. The van der Waals surface area contributed by atoms with Gasteiger partial charge in [0, 0.05) is 19.3 Å². The van der Waals surface area contributed by atoms with Crippen LogP contribution in [0, 0.1) is 11.3 Å². The summed E-state index contributed by atoms with van der Waals surface area (Å²) in [6.07, 6.45) is -1.18. The van der Waals surface area contributed by atoms with Gasteiger partial charge in [-0.3, -0.25) is 14.4 Å². The lowest BCUT2D eigenvalue weighted by molar-refractivity contribution is -0.163. The maximum Gasteiger partial charge on any atom is 0.328 e. The van der Waals surface area contributed by atoms with Crippen LogP contribution in [0.4, 0.5) is 0 Å². The average Bonchev–Trinajstić information content (AvgIpc) is 3.15. The average molecular weight is 473 g/mol. The zero-order chi connectivity index (χ0) is 25.0. The summed E-state index contributed by atoms with van der Waals surface area (Å²) in [4.78, 5) is 48.8. The number of rotatable bonds is 9. The number of carbonyl (C=O) groups excluding carboxylic acids is 3. The topological polar surface area (TPSA) is 182 Å². The first-order valence-electron chi connectivity index (χ1n) is 11.3. The Labute approximate surface area is 192 Å². The Bertz CT molecular complexity index is 750. The highest BCUT2D eigenvalue weighted by atomic mass is 16.5. The normalized spacial score (nSPS) is 29.8. The lowest BCUT2D eigenvalue weighted by atomic mass is 9.76. The summed E-state index contributed by atoms with van der Waals surface area (Å²) < 4.78 is 4.68. The van der Waals surface area contributed by atoms with Gasteiger partial charge in [0.1, 0.15) is 17.7 Å². The molecule has 2 aliphatic rings. The van der Waals surface area contributed by atoms with Crippen LogP contribution in [0.2, 0.25) is 0 Å². The number of ether oxygens (including phenoxy) is 1. The smallest absolute Gasteiger partial charge is 0.328 e. The Hall–Kier alpha value is -2.24. The first-order valence-corrected chi connectivity index (χ1v) is 11.3. The molecular weight excluding hydrogens is 436 g/mol. The molecule has 0 aliphatic heterocycles. The predicted octanol–water partition coefficient (Wildman–Crippen LogP) is -0.543. The van der Waals surface area contributed by atoms with Crippen molar-refractivity contribution in [2.24, 2.45) is 11.3 Å². The molecule has 33 heavy (non-hydrogen) atoms. The molecule has 2 amide bonds. The van der Waals surface area contributed by atoms with Crippen molar-refractivity contribution in [3.8, 4) is 0 Å². The van der Waals surface area contributed by atoms with Gasteiger partial charge in [-0.2, -0.15) is 0 Å². The fraction of sp³-hybridized carbons (Fsp3) is 0.818. The van der Waals surface area contributed by atoms with Gasteiger partial charge in [-0.25, -0.2) is 4.79 Å². The Balaban J connectivity index is 2.11. The highest BCUT2D eigenvalue weighted by Crippen LogP contribution is 2.44. The summed E-state index contributed by atoms with van der Waals surface area (Å²) >= 11 is 0. The molecule has 0 heterocycles. The van der Waals surface area contributed by atoms with Gasteiger partial charge in [-0.05, 0) is 24.2 Å². The number of aliphatic hydroxyl groups excluding tert-OH is 2. The Morgan fingerprint density at radius 2 is 1.67 bits per heavy atom. The van der Waals surface area contributed by atoms with Crippen molar-refractivity contribution in [3.05, 3.63) is 0 Å². The van der Waals surface area contributed by atoms with Gasteiger partial charge < -0.3 is 35.8 Å². The van der Waals surface area contributed by atoms with Crippen LogP contribution in [-0.4, -0.2) is 81.2 Å². The van der Waals surface area contributed by atoms with Crippen LogP contribution in [0.3, 0.4) is 0 Å². The number of hydrogen-bond acceptors (Lipinski definition) is 8. The number of esters is 1. The number of amides is 2. The molecule has 2 saturated carbocycles. The van der Waals surface area contributed by atoms with Crippen molar-refractivity contribution in [1.82, 2.24) is 10.6 Å². The van der Waals surface area contributed by atoms with Gasteiger partial charge in [0.2, 0.25) is 5.91 Å². The first-order chi connectivity index (χ1) is 15.3. The summed E-state index contributed by atoms with van der Waals surface area (Å²) in [6.45, 7) is 3.37. The van der Waals surface area contributed by atoms with Gasteiger partial charge in [-0.1, -0.05) is 26.7 Å². The van der Waals surface area contributed by atoms with E-state index < -0.39 is 65.5 Å². The van der Waals surface area contributed by atoms with Crippen molar-refractivity contribution in [1.29, 1.82) is 0 Å². The van der Waals surface area contributed by atoms with Crippen molar-refractivity contribution >= 4 is 23.8 Å². The second-order valence-corrected chi connectivity index (χ2v) is 9.84. The molecule has 2 fully saturated rings. The van der Waals surface area contributed by atoms with E-state index in [2.05, 4.69) is 15.4 Å². The van der Waals surface area contributed by atoms with Gasteiger partial charge in [-0.15, -0.1) is 0 Å². The molecule has 0 aromatic heterocycles. The van der Waals surface area contributed by atoms with Crippen LogP contribution in [0.1, 0.15) is 65.2 Å². The first kappa shape index (κ1) is 27.0. The monoisotopic (exact) mass is 472 g/mol. The van der Waals surface area contributed by atoms with E-state index in [-0.39, 0.29) is 25.2 Å². The summed E-state index contributed by atoms with van der Waals surface area (Å²) in [7, 11) is 1.17. The maximum absolute atomic E-state index is 12.9. The number of aliphatic carboxylic acids is 1. The van der Waals surface area contributed by atoms with Gasteiger partial charge in [0.05, 0.1) is 25.7 Å². The minimum Gasteiger partial charge on any atom is -0.481 e. The molecule has 0 aromatic rings. The van der Waals surface area contributed by atoms with E-state index in [0.29, 0.717) is 12.8 Å². The molecule has 2 aliphatic carbocycles. The number of carbonyl (C=O) groups is 4. The van der Waals surface area contributed by atoms with Crippen molar-refractivity contribution in [2.75, 3.05) is 7.11 Å². The fourth-order valence-corrected chi connectivity index (χ4v) is 4.99. The van der Waals surface area contributed by atoms with Crippen LogP contribution < -0.4 is 10.6 Å². The van der Waals surface area contributed by atoms with E-state index in [1.807, 2.05) is 0 Å². The minimum atomic E-state index is -2.15. The zero-order valence-corrected chi connectivity index (χ0v) is 19.4. The van der Waals surface area contributed by atoms with Crippen molar-refractivity contribution in [3.63, 3.8) is 0 Å². The molecule has 0 bridgehead atoms. The van der Waals surface area contributed by atoms with E-state index in [0.717, 1.165) is 12.8 Å². The number of nitrogens with one attached hydrogen (secondary N) is 2. The standard InChI is InChI=1S/C22H36N2O9/c1-12(2)17(19(30)33-3)24-20(31)22(32)8-13(18(29)14(25)9-22)23-15(26)10-21(11-16(27)28)6-4-5-7-21/h12-14,17-18,25,29,32H,4-11H2,1-3H3,(H,23,26)(H,24,31)(H,27,28)/t13-,14+,17+,18+,22-/m0/s1. The molecule has 5 atom stereocenters. The van der Waals surface area contributed by atoms with Gasteiger partial charge in [0.25, 0.3) is 5.91 Å². The van der Waals surface area contributed by atoms with Gasteiger partial charge in [0.15, 0.2) is 0 Å². The molecule has 0 spiro atoms. The molecular formula is C22H36N2O9. The Morgan fingerprint density at radius 1 is 1.06 bits per heavy atom. The summed E-state index contributed by atoms with van der Waals surface area (Å²) in [5.41, 5.74) is -2.82. The quantitative estimate of drug-likeness (QED) is 0.240. The predicted molar refractivity (Wildman–Crippen MR) is 115 cm³/mol. The number of carboxylic acids is 1. The molecule has 188 valence electrons. The van der Waals surface area contributed by atoms with Crippen molar-refractivity contribution < 1.29 is 44.3 Å². The number of methoxy groups -OCH3 is 1. The number of aliphatic hydroxyl groups is 3. The maximum atomic E-state index is 12.9. The fourth-order valence-electron chi connectivity index (χ4n) is 4.99. The molecule has 0 aromatic carbocycles. The van der Waals surface area contributed by atoms with E-state index in [4.69, 9.17) is 0 Å². The SMILES string of the molecule is COC(=O)[C@H](NC(=O)[C@@]1(O)C[C@@H](O)[C@H](O)[C@@H](NC(=O)CC2(CC(=O)O)CCCC2)C1)C(C)C. The molecule has 2 rings (SSSR count). The molecule has 0 saturated heterocycles. The molecule has 0 unspecified atom stereocenters. The van der Waals surface area contributed by atoms with E-state index in [1.165, 1.54) is 7.11 Å². The Morgan fingerprint density at radius 3 is 2.18 bits per heavy atom. The molecule has 11 nitrogen and oxygen atoms in total. The highest BCUT2D eigenvalue weighted by Gasteiger charge is 2.50. The largest absolute Gasteiger partial charge is 0.481 e. The lowest BCUT2D eigenvalue weighted by Gasteiger charge is -2.42. The van der Waals surface area contributed by atoms with E-state index in [1.54, 1.807) is 13.8 Å². The molecule has 6 N–H and O–H groups in total. The second kappa shape index (κ2) is 10.8. The number of carboxylic acid groups (broad SMARTS) is 1. The third-order valence-electron chi connectivity index (χ3n) is 6.81. The summed E-state index contributed by atoms with van der Waals surface area (Å²) in [5.74, 6) is -3.46. The third kappa shape index (κ3) is 6.64. The van der Waals surface area contributed by atoms with Crippen LogP contribution >= 0.6 is 0 Å². The highest BCUT2D eigenvalue weighted by molar-refractivity contribution is 5.90. The van der Waals surface area contributed by atoms with Crippen molar-refractivity contribution in [2.45, 2.75) is 95.1 Å². The Kier molecular flexibility index (Phi) is 8.83. The van der Waals surface area contributed by atoms with Gasteiger partial charge >= 0.3 is 11.9 Å². The zero-order valence-electron chi connectivity index (χ0n) is 19.4. The second-order valence-electron chi connectivity index (χ2n) is 9.84. The van der Waals surface area contributed by atoms with Crippen LogP contribution in [0.25, 0.3) is 0 Å². The van der Waals surface area contributed by atoms with E-state index >= 15 is 0 Å². The lowest BCUT2D eigenvalue weighted by Crippen LogP contribution is -2.64. The summed E-state index contributed by atoms with van der Waals surface area (Å²) in [6, 6.07) is -2.17.